The number of aliphatic imine (C=N–C) groups is 1. The van der Waals surface area contributed by atoms with E-state index in [1.54, 1.807) is 0 Å². The van der Waals surface area contributed by atoms with Crippen LogP contribution in [0.1, 0.15) is 41.0 Å². The van der Waals surface area contributed by atoms with Crippen LogP contribution in [0.15, 0.2) is 11.1 Å². The maximum absolute atomic E-state index is 4.78. The van der Waals surface area contributed by atoms with Crippen LogP contribution in [0.25, 0.3) is 0 Å². The highest BCUT2D eigenvalue weighted by Crippen LogP contribution is 2.31. The van der Waals surface area contributed by atoms with Crippen LogP contribution in [0.4, 0.5) is 0 Å². The largest absolute Gasteiger partial charge is 0.362 e. The Bertz CT molecular complexity index is 459. The van der Waals surface area contributed by atoms with Crippen LogP contribution in [0.2, 0.25) is 0 Å². The maximum atomic E-state index is 4.78. The van der Waals surface area contributed by atoms with Crippen molar-refractivity contribution < 1.29 is 0 Å². The number of fused-ring (bicyclic) bond motifs is 1. The minimum absolute atomic E-state index is 0.695. The van der Waals surface area contributed by atoms with Crippen molar-refractivity contribution >= 4 is 28.3 Å². The molecule has 2 aliphatic rings. The molecule has 0 spiro atoms. The minimum Gasteiger partial charge on any atom is -0.362 e. The number of nitrogens with one attached hydrogen (secondary N) is 1. The van der Waals surface area contributed by atoms with Gasteiger partial charge in [-0.05, 0) is 44.2 Å². The highest BCUT2D eigenvalue weighted by atomic mass is 32.2. The molecule has 1 saturated heterocycles. The Morgan fingerprint density at radius 2 is 2.16 bits per heavy atom. The molecular formula is C15H22N2S2. The van der Waals surface area contributed by atoms with Gasteiger partial charge in [-0.3, -0.25) is 4.99 Å². The normalized spacial score (nSPS) is 29.1. The second-order valence-electron chi connectivity index (χ2n) is 5.68. The summed E-state index contributed by atoms with van der Waals surface area (Å²) in [6.45, 7) is 5.21. The SMILES string of the molecule is Cc1cc(CN=C2NC3CCCCC3CS2)sc1C. The van der Waals surface area contributed by atoms with Gasteiger partial charge < -0.3 is 5.32 Å². The number of nitrogens with zero attached hydrogens (tertiary/aromatic N) is 1. The molecule has 1 aliphatic carbocycles. The number of hydrogen-bond acceptors (Lipinski definition) is 3. The predicted octanol–water partition coefficient (Wildman–Crippen LogP) is 4.12. The molecule has 0 radical (unpaired) electrons. The third-order valence-electron chi connectivity index (χ3n) is 4.25. The number of amidine groups is 1. The zero-order chi connectivity index (χ0) is 13.2. The zero-order valence-electron chi connectivity index (χ0n) is 11.7. The summed E-state index contributed by atoms with van der Waals surface area (Å²) in [5, 5.41) is 4.84. The van der Waals surface area contributed by atoms with Crippen molar-refractivity contribution in [2.75, 3.05) is 5.75 Å². The molecule has 1 saturated carbocycles. The van der Waals surface area contributed by atoms with E-state index >= 15 is 0 Å². The number of aryl methyl sites for hydroxylation is 2. The third-order valence-corrected chi connectivity index (χ3v) is 6.50. The van der Waals surface area contributed by atoms with E-state index in [2.05, 4.69) is 25.2 Å². The number of hydrogen-bond donors (Lipinski definition) is 1. The average molecular weight is 294 g/mol. The first-order chi connectivity index (χ1) is 9.22. The van der Waals surface area contributed by atoms with Gasteiger partial charge in [0, 0.05) is 21.5 Å². The number of thiophene rings is 1. The summed E-state index contributed by atoms with van der Waals surface area (Å²) >= 11 is 3.80. The van der Waals surface area contributed by atoms with E-state index in [9.17, 15) is 0 Å². The van der Waals surface area contributed by atoms with Gasteiger partial charge in [-0.15, -0.1) is 11.3 Å². The van der Waals surface area contributed by atoms with E-state index < -0.39 is 0 Å². The Balaban J connectivity index is 1.61. The first-order valence-corrected chi connectivity index (χ1v) is 9.02. The summed E-state index contributed by atoms with van der Waals surface area (Å²) in [6.07, 6.45) is 5.54. The average Bonchev–Trinajstić information content (AvgIpc) is 2.75. The molecule has 2 atom stereocenters. The van der Waals surface area contributed by atoms with E-state index in [1.807, 2.05) is 23.1 Å². The van der Waals surface area contributed by atoms with E-state index in [0.717, 1.165) is 12.5 Å². The van der Waals surface area contributed by atoms with E-state index in [-0.39, 0.29) is 0 Å². The molecule has 1 aromatic heterocycles. The number of rotatable bonds is 2. The van der Waals surface area contributed by atoms with Crippen LogP contribution in [0.3, 0.4) is 0 Å². The lowest BCUT2D eigenvalue weighted by Crippen LogP contribution is -2.46. The van der Waals surface area contributed by atoms with Gasteiger partial charge in [-0.1, -0.05) is 24.6 Å². The molecule has 1 aliphatic heterocycles. The van der Waals surface area contributed by atoms with Crippen LogP contribution in [0, 0.1) is 19.8 Å². The monoisotopic (exact) mass is 294 g/mol. The fourth-order valence-corrected chi connectivity index (χ4v) is 5.09. The molecular weight excluding hydrogens is 272 g/mol. The molecule has 0 bridgehead atoms. The zero-order valence-corrected chi connectivity index (χ0v) is 13.4. The molecule has 0 amide bonds. The Kier molecular flexibility index (Phi) is 4.18. The van der Waals surface area contributed by atoms with E-state index in [4.69, 9.17) is 4.99 Å². The van der Waals surface area contributed by atoms with Crippen molar-refractivity contribution in [3.8, 4) is 0 Å². The highest BCUT2D eigenvalue weighted by Gasteiger charge is 2.30. The van der Waals surface area contributed by atoms with Gasteiger partial charge in [0.2, 0.25) is 0 Å². The topological polar surface area (TPSA) is 24.4 Å². The molecule has 2 fully saturated rings. The second-order valence-corrected chi connectivity index (χ2v) is 8.03. The van der Waals surface area contributed by atoms with Crippen molar-refractivity contribution in [2.45, 2.75) is 52.1 Å². The second kappa shape index (κ2) is 5.88. The lowest BCUT2D eigenvalue weighted by atomic mass is 9.86. The fraction of sp³-hybridized carbons (Fsp3) is 0.667. The fourth-order valence-electron chi connectivity index (χ4n) is 2.95. The van der Waals surface area contributed by atoms with E-state index in [1.165, 1.54) is 51.9 Å². The van der Waals surface area contributed by atoms with Gasteiger partial charge in [0.05, 0.1) is 6.54 Å². The van der Waals surface area contributed by atoms with Crippen molar-refractivity contribution in [3.63, 3.8) is 0 Å². The molecule has 3 rings (SSSR count). The molecule has 19 heavy (non-hydrogen) atoms. The van der Waals surface area contributed by atoms with Crippen molar-refractivity contribution in [1.29, 1.82) is 0 Å². The molecule has 1 aromatic rings. The van der Waals surface area contributed by atoms with Crippen molar-refractivity contribution in [2.24, 2.45) is 10.9 Å². The minimum atomic E-state index is 0.695. The third kappa shape index (κ3) is 3.16. The molecule has 4 heteroatoms. The van der Waals surface area contributed by atoms with Crippen molar-refractivity contribution in [1.82, 2.24) is 5.32 Å². The summed E-state index contributed by atoms with van der Waals surface area (Å²) in [4.78, 5) is 7.59. The lowest BCUT2D eigenvalue weighted by molar-refractivity contribution is 0.311. The summed E-state index contributed by atoms with van der Waals surface area (Å²) in [5.41, 5.74) is 1.40. The van der Waals surface area contributed by atoms with Crippen LogP contribution in [0.5, 0.6) is 0 Å². The van der Waals surface area contributed by atoms with Crippen LogP contribution in [-0.4, -0.2) is 17.0 Å². The quantitative estimate of drug-likeness (QED) is 0.887. The van der Waals surface area contributed by atoms with Gasteiger partial charge in [0.15, 0.2) is 5.17 Å². The summed E-state index contributed by atoms with van der Waals surface area (Å²) in [5.74, 6) is 2.14. The van der Waals surface area contributed by atoms with Crippen molar-refractivity contribution in [3.05, 3.63) is 21.4 Å². The van der Waals surface area contributed by atoms with E-state index in [0.29, 0.717) is 6.04 Å². The molecule has 2 nitrogen and oxygen atoms in total. The van der Waals surface area contributed by atoms with Gasteiger partial charge >= 0.3 is 0 Å². The van der Waals surface area contributed by atoms with Crippen LogP contribution in [-0.2, 0) is 6.54 Å². The first kappa shape index (κ1) is 13.5. The summed E-state index contributed by atoms with van der Waals surface area (Å²) in [7, 11) is 0. The molecule has 0 aromatic carbocycles. The Morgan fingerprint density at radius 1 is 1.32 bits per heavy atom. The Morgan fingerprint density at radius 3 is 2.95 bits per heavy atom. The van der Waals surface area contributed by atoms with Gasteiger partial charge in [0.25, 0.3) is 0 Å². The smallest absolute Gasteiger partial charge is 0.157 e. The summed E-state index contributed by atoms with van der Waals surface area (Å²) in [6, 6.07) is 2.97. The molecule has 2 heterocycles. The highest BCUT2D eigenvalue weighted by molar-refractivity contribution is 8.13. The molecule has 1 N–H and O–H groups in total. The first-order valence-electron chi connectivity index (χ1n) is 7.22. The number of thioether (sulfide) groups is 1. The Hall–Kier alpha value is -0.480. The van der Waals surface area contributed by atoms with Crippen LogP contribution < -0.4 is 5.32 Å². The standard InChI is InChI=1S/C15H22N2S2/c1-10-7-13(19-11(10)2)8-16-15-17-14-6-4-3-5-12(14)9-18-15/h7,12,14H,3-6,8-9H2,1-2H3,(H,16,17). The van der Waals surface area contributed by atoms with Gasteiger partial charge in [0.1, 0.15) is 0 Å². The molecule has 104 valence electrons. The lowest BCUT2D eigenvalue weighted by Gasteiger charge is -2.36. The summed E-state index contributed by atoms with van der Waals surface area (Å²) < 4.78 is 0. The molecule has 2 unspecified atom stereocenters. The Labute approximate surface area is 124 Å². The van der Waals surface area contributed by atoms with Gasteiger partial charge in [-0.25, -0.2) is 0 Å². The van der Waals surface area contributed by atoms with Gasteiger partial charge in [-0.2, -0.15) is 0 Å². The predicted molar refractivity (Wildman–Crippen MR) is 86.3 cm³/mol. The van der Waals surface area contributed by atoms with Crippen LogP contribution >= 0.6 is 23.1 Å². The maximum Gasteiger partial charge on any atom is 0.157 e.